The molecule has 0 aliphatic carbocycles. The van der Waals surface area contributed by atoms with E-state index in [4.69, 9.17) is 14.2 Å². The number of hydrogen-bond acceptors (Lipinski definition) is 6. The zero-order valence-electron chi connectivity index (χ0n) is 15.7. The van der Waals surface area contributed by atoms with E-state index in [0.717, 1.165) is 5.75 Å². The van der Waals surface area contributed by atoms with Crippen LogP contribution in [0.1, 0.15) is 19.8 Å². The summed E-state index contributed by atoms with van der Waals surface area (Å²) in [6.45, 7) is 3.16. The van der Waals surface area contributed by atoms with Crippen LogP contribution in [-0.2, 0) is 19.1 Å². The van der Waals surface area contributed by atoms with Crippen molar-refractivity contribution in [2.24, 2.45) is 5.92 Å². The van der Waals surface area contributed by atoms with E-state index in [0.29, 0.717) is 31.7 Å². The van der Waals surface area contributed by atoms with Crippen molar-refractivity contribution in [3.63, 3.8) is 0 Å². The number of carbonyl (C=O) groups excluding carboxylic acids is 3. The molecule has 1 unspecified atom stereocenters. The Morgan fingerprint density at radius 1 is 1.19 bits per heavy atom. The molecule has 1 aliphatic heterocycles. The van der Waals surface area contributed by atoms with Crippen LogP contribution in [0.3, 0.4) is 0 Å². The van der Waals surface area contributed by atoms with Crippen molar-refractivity contribution in [3.05, 3.63) is 24.3 Å². The Morgan fingerprint density at radius 2 is 1.89 bits per heavy atom. The van der Waals surface area contributed by atoms with Gasteiger partial charge in [0.1, 0.15) is 18.1 Å². The summed E-state index contributed by atoms with van der Waals surface area (Å²) >= 11 is 0. The molecule has 1 fully saturated rings. The lowest BCUT2D eigenvalue weighted by molar-refractivity contribution is -0.154. The molecule has 2 rings (SSSR count). The number of hydrogen-bond donors (Lipinski definition) is 1. The molecule has 148 valence electrons. The average Bonchev–Trinajstić information content (AvgIpc) is 2.71. The van der Waals surface area contributed by atoms with Gasteiger partial charge in [-0.1, -0.05) is 0 Å². The normalized spacial score (nSPS) is 16.4. The number of amides is 2. The lowest BCUT2D eigenvalue weighted by Crippen LogP contribution is -2.49. The molecule has 8 nitrogen and oxygen atoms in total. The molecule has 27 heavy (non-hydrogen) atoms. The first kappa shape index (κ1) is 20.5. The SMILES string of the molecule is CCOC(=O)C1CCCN(C(=O)C(=O)NCCOc2ccc(OC)cc2)C1. The fourth-order valence-electron chi connectivity index (χ4n) is 2.84. The summed E-state index contributed by atoms with van der Waals surface area (Å²) in [5.74, 6) is -0.642. The minimum absolute atomic E-state index is 0.200. The standard InChI is InChI=1S/C19H26N2O6/c1-3-26-19(24)14-5-4-11-21(13-14)18(23)17(22)20-10-12-27-16-8-6-15(25-2)7-9-16/h6-9,14H,3-5,10-13H2,1-2H3,(H,20,22). The third-order valence-corrected chi connectivity index (χ3v) is 4.24. The van der Waals surface area contributed by atoms with Crippen LogP contribution in [0.15, 0.2) is 24.3 Å². The highest BCUT2D eigenvalue weighted by Gasteiger charge is 2.31. The van der Waals surface area contributed by atoms with E-state index in [-0.39, 0.29) is 31.6 Å². The van der Waals surface area contributed by atoms with Crippen LogP contribution in [0.4, 0.5) is 0 Å². The third-order valence-electron chi connectivity index (χ3n) is 4.24. The van der Waals surface area contributed by atoms with Crippen molar-refractivity contribution in [1.29, 1.82) is 0 Å². The maximum atomic E-state index is 12.3. The Hall–Kier alpha value is -2.77. The second-order valence-corrected chi connectivity index (χ2v) is 6.12. The molecular formula is C19H26N2O6. The number of piperidine rings is 1. The molecule has 0 radical (unpaired) electrons. The van der Waals surface area contributed by atoms with Gasteiger partial charge in [-0.05, 0) is 44.0 Å². The largest absolute Gasteiger partial charge is 0.497 e. The van der Waals surface area contributed by atoms with E-state index in [2.05, 4.69) is 5.32 Å². The quantitative estimate of drug-likeness (QED) is 0.432. The van der Waals surface area contributed by atoms with Crippen LogP contribution in [0.5, 0.6) is 11.5 Å². The molecule has 0 spiro atoms. The Morgan fingerprint density at radius 3 is 2.56 bits per heavy atom. The smallest absolute Gasteiger partial charge is 0.311 e. The number of esters is 1. The van der Waals surface area contributed by atoms with E-state index < -0.39 is 11.8 Å². The average molecular weight is 378 g/mol. The maximum absolute atomic E-state index is 12.3. The summed E-state index contributed by atoms with van der Waals surface area (Å²) in [4.78, 5) is 37.6. The Kier molecular flexibility index (Phi) is 7.91. The van der Waals surface area contributed by atoms with E-state index >= 15 is 0 Å². The molecule has 8 heteroatoms. The number of rotatable bonds is 7. The highest BCUT2D eigenvalue weighted by atomic mass is 16.5. The number of benzene rings is 1. The molecule has 0 saturated carbocycles. The van der Waals surface area contributed by atoms with Gasteiger partial charge in [-0.15, -0.1) is 0 Å². The number of nitrogens with zero attached hydrogens (tertiary/aromatic N) is 1. The van der Waals surface area contributed by atoms with E-state index in [9.17, 15) is 14.4 Å². The van der Waals surface area contributed by atoms with Crippen molar-refractivity contribution in [2.75, 3.05) is 40.0 Å². The van der Waals surface area contributed by atoms with Gasteiger partial charge < -0.3 is 24.4 Å². The minimum atomic E-state index is -0.696. The van der Waals surface area contributed by atoms with Crippen LogP contribution < -0.4 is 14.8 Å². The molecule has 1 aliphatic rings. The molecule has 1 N–H and O–H groups in total. The Balaban J connectivity index is 1.72. The highest BCUT2D eigenvalue weighted by molar-refractivity contribution is 6.35. The molecule has 1 atom stereocenters. The second-order valence-electron chi connectivity index (χ2n) is 6.12. The summed E-state index contributed by atoms with van der Waals surface area (Å²) in [5, 5.41) is 2.55. The number of ether oxygens (including phenoxy) is 3. The van der Waals surface area contributed by atoms with Crippen LogP contribution in [0.25, 0.3) is 0 Å². The van der Waals surface area contributed by atoms with Gasteiger partial charge >= 0.3 is 17.8 Å². The second kappa shape index (κ2) is 10.4. The molecule has 1 aromatic rings. The predicted octanol–water partition coefficient (Wildman–Crippen LogP) is 0.992. The summed E-state index contributed by atoms with van der Waals surface area (Å²) < 4.78 is 15.6. The molecule has 0 bridgehead atoms. The zero-order valence-corrected chi connectivity index (χ0v) is 15.7. The number of likely N-dealkylation sites (tertiary alicyclic amines) is 1. The highest BCUT2D eigenvalue weighted by Crippen LogP contribution is 2.18. The summed E-state index contributed by atoms with van der Waals surface area (Å²) in [5.41, 5.74) is 0. The lowest BCUT2D eigenvalue weighted by atomic mass is 9.98. The van der Waals surface area contributed by atoms with E-state index in [1.54, 1.807) is 38.3 Å². The van der Waals surface area contributed by atoms with Gasteiger partial charge in [0, 0.05) is 13.1 Å². The molecule has 1 aromatic carbocycles. The fourth-order valence-corrected chi connectivity index (χ4v) is 2.84. The Bertz CT molecular complexity index is 646. The number of nitrogens with one attached hydrogen (secondary N) is 1. The molecule has 1 heterocycles. The number of carbonyl (C=O) groups is 3. The van der Waals surface area contributed by atoms with Crippen LogP contribution in [-0.4, -0.2) is 62.6 Å². The van der Waals surface area contributed by atoms with E-state index in [1.807, 2.05) is 0 Å². The van der Waals surface area contributed by atoms with Gasteiger partial charge in [0.15, 0.2) is 0 Å². The van der Waals surface area contributed by atoms with Crippen molar-refractivity contribution >= 4 is 17.8 Å². The third kappa shape index (κ3) is 6.16. The summed E-state index contributed by atoms with van der Waals surface area (Å²) in [6.07, 6.45) is 1.34. The maximum Gasteiger partial charge on any atom is 0.311 e. The van der Waals surface area contributed by atoms with Gasteiger partial charge in [-0.25, -0.2) is 0 Å². The van der Waals surface area contributed by atoms with Crippen molar-refractivity contribution in [2.45, 2.75) is 19.8 Å². The van der Waals surface area contributed by atoms with Crippen molar-refractivity contribution < 1.29 is 28.6 Å². The topological polar surface area (TPSA) is 94.2 Å². The van der Waals surface area contributed by atoms with Crippen molar-refractivity contribution in [3.8, 4) is 11.5 Å². The number of methoxy groups -OCH3 is 1. The van der Waals surface area contributed by atoms with Crippen molar-refractivity contribution in [1.82, 2.24) is 10.2 Å². The predicted molar refractivity (Wildman–Crippen MR) is 97.4 cm³/mol. The molecule has 1 saturated heterocycles. The Labute approximate surface area is 158 Å². The summed E-state index contributed by atoms with van der Waals surface area (Å²) in [6, 6.07) is 7.06. The lowest BCUT2D eigenvalue weighted by Gasteiger charge is -2.30. The van der Waals surface area contributed by atoms with Gasteiger partial charge in [0.25, 0.3) is 0 Å². The van der Waals surface area contributed by atoms with Gasteiger partial charge in [0.2, 0.25) is 0 Å². The molecular weight excluding hydrogens is 352 g/mol. The van der Waals surface area contributed by atoms with Crippen LogP contribution in [0.2, 0.25) is 0 Å². The summed E-state index contributed by atoms with van der Waals surface area (Å²) in [7, 11) is 1.58. The van der Waals surface area contributed by atoms with E-state index in [1.165, 1.54) is 4.90 Å². The fraction of sp³-hybridized carbons (Fsp3) is 0.526. The van der Waals surface area contributed by atoms with Gasteiger partial charge in [-0.3, -0.25) is 14.4 Å². The van der Waals surface area contributed by atoms with Gasteiger partial charge in [0.05, 0.1) is 26.2 Å². The molecule has 2 amide bonds. The first-order chi connectivity index (χ1) is 13.0. The zero-order chi connectivity index (χ0) is 19.6. The van der Waals surface area contributed by atoms with Crippen LogP contribution in [0, 0.1) is 5.92 Å². The van der Waals surface area contributed by atoms with Gasteiger partial charge in [-0.2, -0.15) is 0 Å². The monoisotopic (exact) mass is 378 g/mol. The van der Waals surface area contributed by atoms with Crippen LogP contribution >= 0.6 is 0 Å². The molecule has 0 aromatic heterocycles. The first-order valence-corrected chi connectivity index (χ1v) is 9.05. The minimum Gasteiger partial charge on any atom is -0.497 e. The first-order valence-electron chi connectivity index (χ1n) is 9.05.